The number of benzene rings is 1. The summed E-state index contributed by atoms with van der Waals surface area (Å²) in [6.45, 7) is 6.54. The number of phenolic OH excluding ortho intramolecular Hbond substituents is 1. The smallest absolute Gasteiger partial charge is 0.122 e. The lowest BCUT2D eigenvalue weighted by molar-refractivity contribution is 0.458. The largest absolute Gasteiger partial charge is 0.508 e. The Hall–Kier alpha value is -1.22. The normalized spacial score (nSPS) is 21.3. The molecule has 18 heavy (non-hydrogen) atoms. The number of nitrogens with one attached hydrogen (secondary N) is 1. The fourth-order valence-corrected chi connectivity index (χ4v) is 2.65. The van der Waals surface area contributed by atoms with Crippen molar-refractivity contribution in [2.45, 2.75) is 32.7 Å². The van der Waals surface area contributed by atoms with Gasteiger partial charge in [-0.05, 0) is 32.4 Å². The van der Waals surface area contributed by atoms with E-state index in [1.807, 2.05) is 19.2 Å². The number of hydrogen-bond donors (Lipinski definition) is 2. The summed E-state index contributed by atoms with van der Waals surface area (Å²) >= 11 is 0. The summed E-state index contributed by atoms with van der Waals surface area (Å²) in [6, 6.07) is 6.24. The molecule has 2 rings (SSSR count). The molecule has 2 N–H and O–H groups in total. The third-order valence-corrected chi connectivity index (χ3v) is 4.14. The Balaban J connectivity index is 2.14. The third kappa shape index (κ3) is 2.61. The molecule has 2 unspecified atom stereocenters. The summed E-state index contributed by atoms with van der Waals surface area (Å²) in [6.07, 6.45) is 2.52. The molecule has 2 atom stereocenters. The van der Waals surface area contributed by atoms with E-state index in [0.717, 1.165) is 30.3 Å². The molecule has 0 radical (unpaired) electrons. The van der Waals surface area contributed by atoms with Crippen LogP contribution in [0.15, 0.2) is 18.2 Å². The Bertz CT molecular complexity index is 405. The van der Waals surface area contributed by atoms with Crippen molar-refractivity contribution in [1.82, 2.24) is 5.32 Å². The quantitative estimate of drug-likeness (QED) is 0.860. The predicted octanol–water partition coefficient (Wildman–Crippen LogP) is 2.91. The minimum Gasteiger partial charge on any atom is -0.508 e. The van der Waals surface area contributed by atoms with Gasteiger partial charge in [-0.25, -0.2) is 0 Å². The average Bonchev–Trinajstić information content (AvgIpc) is 2.86. The molecule has 1 aliphatic rings. The highest BCUT2D eigenvalue weighted by Crippen LogP contribution is 2.32. The molecule has 1 saturated heterocycles. The molecule has 0 amide bonds. The Labute approximate surface area is 110 Å². The van der Waals surface area contributed by atoms with Crippen molar-refractivity contribution in [2.24, 2.45) is 5.92 Å². The van der Waals surface area contributed by atoms with Gasteiger partial charge in [0.05, 0.1) is 0 Å². The van der Waals surface area contributed by atoms with Gasteiger partial charge in [-0.1, -0.05) is 19.4 Å². The van der Waals surface area contributed by atoms with E-state index >= 15 is 0 Å². The number of hydrogen-bond acceptors (Lipinski definition) is 3. The maximum absolute atomic E-state index is 10.1. The molecule has 1 aromatic rings. The highest BCUT2D eigenvalue weighted by Gasteiger charge is 2.22. The standard InChI is InChI=1S/C15H24N2O/c1-4-12-7-8-17(10-12)13-5-6-14(11(2)16-3)15(18)9-13/h5-6,9,11-12,16,18H,4,7-8,10H2,1-3H3. The SMILES string of the molecule is CCC1CCN(c2ccc(C(C)NC)c(O)c2)C1. The molecule has 3 nitrogen and oxygen atoms in total. The molecular formula is C15H24N2O. The highest BCUT2D eigenvalue weighted by atomic mass is 16.3. The van der Waals surface area contributed by atoms with E-state index in [2.05, 4.69) is 30.1 Å². The monoisotopic (exact) mass is 248 g/mol. The first-order valence-electron chi connectivity index (χ1n) is 6.90. The topological polar surface area (TPSA) is 35.5 Å². The van der Waals surface area contributed by atoms with Crippen molar-refractivity contribution in [1.29, 1.82) is 0 Å². The maximum atomic E-state index is 10.1. The van der Waals surface area contributed by atoms with Crippen LogP contribution in [0.1, 0.15) is 38.3 Å². The second kappa shape index (κ2) is 5.61. The van der Waals surface area contributed by atoms with E-state index in [1.54, 1.807) is 0 Å². The van der Waals surface area contributed by atoms with Crippen molar-refractivity contribution in [3.8, 4) is 5.75 Å². The number of aromatic hydroxyl groups is 1. The van der Waals surface area contributed by atoms with E-state index in [1.165, 1.54) is 12.8 Å². The zero-order valence-electron chi connectivity index (χ0n) is 11.6. The molecule has 0 saturated carbocycles. The van der Waals surface area contributed by atoms with Crippen LogP contribution in [0.25, 0.3) is 0 Å². The van der Waals surface area contributed by atoms with Crippen molar-refractivity contribution < 1.29 is 5.11 Å². The highest BCUT2D eigenvalue weighted by molar-refractivity contribution is 5.54. The molecule has 0 spiro atoms. The van der Waals surface area contributed by atoms with Gasteiger partial charge in [-0.3, -0.25) is 0 Å². The molecule has 1 fully saturated rings. The number of rotatable bonds is 4. The van der Waals surface area contributed by atoms with Crippen molar-refractivity contribution >= 4 is 5.69 Å². The lowest BCUT2D eigenvalue weighted by Gasteiger charge is -2.21. The van der Waals surface area contributed by atoms with Gasteiger partial charge in [0.25, 0.3) is 0 Å². The Morgan fingerprint density at radius 2 is 2.28 bits per heavy atom. The molecule has 1 aliphatic heterocycles. The summed E-state index contributed by atoms with van der Waals surface area (Å²) in [5, 5.41) is 13.3. The van der Waals surface area contributed by atoms with Gasteiger partial charge in [0.2, 0.25) is 0 Å². The van der Waals surface area contributed by atoms with Crippen LogP contribution in [0.3, 0.4) is 0 Å². The fourth-order valence-electron chi connectivity index (χ4n) is 2.65. The zero-order valence-corrected chi connectivity index (χ0v) is 11.6. The third-order valence-electron chi connectivity index (χ3n) is 4.14. The lowest BCUT2D eigenvalue weighted by Crippen LogP contribution is -2.19. The van der Waals surface area contributed by atoms with Gasteiger partial charge in [0.1, 0.15) is 5.75 Å². The van der Waals surface area contributed by atoms with Gasteiger partial charge >= 0.3 is 0 Å². The first-order chi connectivity index (χ1) is 8.65. The zero-order chi connectivity index (χ0) is 13.1. The summed E-state index contributed by atoms with van der Waals surface area (Å²) in [5.41, 5.74) is 2.11. The Morgan fingerprint density at radius 1 is 1.50 bits per heavy atom. The minimum absolute atomic E-state index is 0.181. The molecular weight excluding hydrogens is 224 g/mol. The Kier molecular flexibility index (Phi) is 4.12. The maximum Gasteiger partial charge on any atom is 0.122 e. The average molecular weight is 248 g/mol. The lowest BCUT2D eigenvalue weighted by atomic mass is 10.1. The number of nitrogens with zero attached hydrogens (tertiary/aromatic N) is 1. The summed E-state index contributed by atoms with van der Waals surface area (Å²) in [4.78, 5) is 2.38. The molecule has 3 heteroatoms. The van der Waals surface area contributed by atoms with Crippen LogP contribution in [0.5, 0.6) is 5.75 Å². The van der Waals surface area contributed by atoms with Crippen molar-refractivity contribution in [3.63, 3.8) is 0 Å². The van der Waals surface area contributed by atoms with E-state index in [-0.39, 0.29) is 6.04 Å². The molecule has 1 aromatic carbocycles. The van der Waals surface area contributed by atoms with Crippen LogP contribution in [0, 0.1) is 5.92 Å². The van der Waals surface area contributed by atoms with Gasteiger partial charge < -0.3 is 15.3 Å². The second-order valence-electron chi connectivity index (χ2n) is 5.26. The molecule has 1 heterocycles. The van der Waals surface area contributed by atoms with Crippen LogP contribution in [0.4, 0.5) is 5.69 Å². The van der Waals surface area contributed by atoms with Crippen LogP contribution >= 0.6 is 0 Å². The minimum atomic E-state index is 0.181. The van der Waals surface area contributed by atoms with Crippen molar-refractivity contribution in [3.05, 3.63) is 23.8 Å². The summed E-state index contributed by atoms with van der Waals surface area (Å²) < 4.78 is 0. The van der Waals surface area contributed by atoms with Crippen LogP contribution < -0.4 is 10.2 Å². The van der Waals surface area contributed by atoms with Gasteiger partial charge in [-0.15, -0.1) is 0 Å². The molecule has 100 valence electrons. The molecule has 0 aromatic heterocycles. The molecule has 0 bridgehead atoms. The summed E-state index contributed by atoms with van der Waals surface area (Å²) in [7, 11) is 1.91. The van der Waals surface area contributed by atoms with Crippen LogP contribution in [-0.4, -0.2) is 25.2 Å². The predicted molar refractivity (Wildman–Crippen MR) is 76.2 cm³/mol. The Morgan fingerprint density at radius 3 is 2.83 bits per heavy atom. The fraction of sp³-hybridized carbons (Fsp3) is 0.600. The molecule has 0 aliphatic carbocycles. The first kappa shape index (κ1) is 13.2. The van der Waals surface area contributed by atoms with Gasteiger partial charge in [0.15, 0.2) is 0 Å². The van der Waals surface area contributed by atoms with Crippen LogP contribution in [-0.2, 0) is 0 Å². The van der Waals surface area contributed by atoms with E-state index in [9.17, 15) is 5.11 Å². The number of phenols is 1. The first-order valence-corrected chi connectivity index (χ1v) is 6.90. The number of anilines is 1. The van der Waals surface area contributed by atoms with Gasteiger partial charge in [-0.2, -0.15) is 0 Å². The second-order valence-corrected chi connectivity index (χ2v) is 5.26. The van der Waals surface area contributed by atoms with E-state index in [4.69, 9.17) is 0 Å². The van der Waals surface area contributed by atoms with E-state index in [0.29, 0.717) is 5.75 Å². The van der Waals surface area contributed by atoms with Gasteiger partial charge in [0, 0.05) is 36.4 Å². The van der Waals surface area contributed by atoms with E-state index < -0.39 is 0 Å². The van der Waals surface area contributed by atoms with Crippen molar-refractivity contribution in [2.75, 3.05) is 25.0 Å². The summed E-state index contributed by atoms with van der Waals surface area (Å²) in [5.74, 6) is 1.21. The van der Waals surface area contributed by atoms with Crippen LogP contribution in [0.2, 0.25) is 0 Å².